The Hall–Kier alpha value is -1.88. The maximum atomic E-state index is 12.2. The van der Waals surface area contributed by atoms with E-state index in [4.69, 9.17) is 10.9 Å². The molecular formula is C18H28N2O3. The lowest BCUT2D eigenvalue weighted by atomic mass is 10.1. The number of hydrogen-bond acceptors (Lipinski definition) is 3. The third-order valence-corrected chi connectivity index (χ3v) is 4.14. The van der Waals surface area contributed by atoms with Gasteiger partial charge in [-0.25, -0.2) is 10.9 Å². The molecule has 0 heterocycles. The van der Waals surface area contributed by atoms with Crippen LogP contribution in [0.4, 0.5) is 5.69 Å². The summed E-state index contributed by atoms with van der Waals surface area (Å²) >= 11 is 0. The van der Waals surface area contributed by atoms with E-state index in [9.17, 15) is 9.59 Å². The van der Waals surface area contributed by atoms with Crippen molar-refractivity contribution in [2.75, 3.05) is 5.01 Å². The molecule has 128 valence electrons. The number of unbranched alkanes of at least 4 members (excludes halogenated alkanes) is 5. The Morgan fingerprint density at radius 1 is 1.00 bits per heavy atom. The first kappa shape index (κ1) is 19.2. The molecular weight excluding hydrogens is 292 g/mol. The lowest BCUT2D eigenvalue weighted by Crippen LogP contribution is -2.37. The monoisotopic (exact) mass is 320 g/mol. The summed E-state index contributed by atoms with van der Waals surface area (Å²) in [5, 5.41) is 9.80. The molecule has 0 unspecified atom stereocenters. The molecule has 0 aliphatic rings. The topological polar surface area (TPSA) is 83.6 Å². The summed E-state index contributed by atoms with van der Waals surface area (Å²) in [6.45, 7) is 3.97. The van der Waals surface area contributed by atoms with E-state index in [1.807, 2.05) is 32.0 Å². The van der Waals surface area contributed by atoms with Gasteiger partial charge in [-0.05, 0) is 43.9 Å². The molecule has 0 bridgehead atoms. The van der Waals surface area contributed by atoms with Gasteiger partial charge in [-0.15, -0.1) is 0 Å². The van der Waals surface area contributed by atoms with Gasteiger partial charge in [0.25, 0.3) is 0 Å². The van der Waals surface area contributed by atoms with Crippen molar-refractivity contribution in [2.24, 2.45) is 5.84 Å². The minimum atomic E-state index is -0.731. The molecule has 0 spiro atoms. The molecule has 0 aliphatic carbocycles. The smallest absolute Gasteiger partial charge is 0.303 e. The van der Waals surface area contributed by atoms with E-state index in [1.165, 1.54) is 5.01 Å². The van der Waals surface area contributed by atoms with Gasteiger partial charge in [0.2, 0.25) is 5.91 Å². The molecule has 1 aromatic rings. The van der Waals surface area contributed by atoms with E-state index in [1.54, 1.807) is 0 Å². The molecule has 0 radical (unpaired) electrons. The van der Waals surface area contributed by atoms with Gasteiger partial charge in [0.05, 0.1) is 5.69 Å². The number of carbonyl (C=O) groups is 2. The highest BCUT2D eigenvalue weighted by Gasteiger charge is 2.14. The van der Waals surface area contributed by atoms with Crippen LogP contribution >= 0.6 is 0 Å². The number of hydrazine groups is 1. The van der Waals surface area contributed by atoms with Crippen LogP contribution in [0.15, 0.2) is 18.2 Å². The van der Waals surface area contributed by atoms with Crippen LogP contribution < -0.4 is 10.9 Å². The zero-order chi connectivity index (χ0) is 17.2. The summed E-state index contributed by atoms with van der Waals surface area (Å²) in [5.74, 6) is 5.15. The van der Waals surface area contributed by atoms with E-state index in [-0.39, 0.29) is 12.3 Å². The number of carbonyl (C=O) groups excluding carboxylic acids is 1. The van der Waals surface area contributed by atoms with E-state index < -0.39 is 5.97 Å². The van der Waals surface area contributed by atoms with Gasteiger partial charge in [-0.2, -0.15) is 0 Å². The summed E-state index contributed by atoms with van der Waals surface area (Å²) in [4.78, 5) is 22.5. The Morgan fingerprint density at radius 2 is 1.57 bits per heavy atom. The zero-order valence-corrected chi connectivity index (χ0v) is 14.2. The van der Waals surface area contributed by atoms with Crippen LogP contribution in [0.25, 0.3) is 0 Å². The first-order chi connectivity index (χ1) is 10.9. The van der Waals surface area contributed by atoms with Gasteiger partial charge in [-0.3, -0.25) is 9.59 Å². The van der Waals surface area contributed by atoms with Crippen LogP contribution in [0, 0.1) is 13.8 Å². The van der Waals surface area contributed by atoms with Crippen LogP contribution in [-0.2, 0) is 9.59 Å². The van der Waals surface area contributed by atoms with Crippen LogP contribution in [0.2, 0.25) is 0 Å². The number of benzene rings is 1. The highest BCUT2D eigenvalue weighted by atomic mass is 16.4. The third-order valence-electron chi connectivity index (χ3n) is 4.14. The Balaban J connectivity index is 2.23. The van der Waals surface area contributed by atoms with Gasteiger partial charge in [-0.1, -0.05) is 37.8 Å². The fourth-order valence-corrected chi connectivity index (χ4v) is 2.51. The van der Waals surface area contributed by atoms with Crippen LogP contribution in [0.3, 0.4) is 0 Å². The first-order valence-electron chi connectivity index (χ1n) is 8.29. The maximum Gasteiger partial charge on any atom is 0.303 e. The summed E-state index contributed by atoms with van der Waals surface area (Å²) in [7, 11) is 0. The molecule has 1 aromatic carbocycles. The molecule has 0 saturated carbocycles. The second-order valence-electron chi connectivity index (χ2n) is 6.00. The summed E-state index contributed by atoms with van der Waals surface area (Å²) in [6, 6.07) is 5.77. The normalized spacial score (nSPS) is 10.6. The second-order valence-corrected chi connectivity index (χ2v) is 6.00. The summed E-state index contributed by atoms with van der Waals surface area (Å²) in [5.41, 5.74) is 2.91. The molecule has 5 heteroatoms. The van der Waals surface area contributed by atoms with Crippen LogP contribution in [0.1, 0.15) is 62.5 Å². The molecule has 5 nitrogen and oxygen atoms in total. The van der Waals surface area contributed by atoms with E-state index in [2.05, 4.69) is 0 Å². The number of nitrogens with zero attached hydrogens (tertiary/aromatic N) is 1. The number of aryl methyl sites for hydroxylation is 1. The van der Waals surface area contributed by atoms with Crippen molar-refractivity contribution in [3.8, 4) is 0 Å². The standard InChI is InChI=1S/C18H28N2O3/c1-14-10-9-11-16(15(14)2)20(19)17(21)12-7-5-3-4-6-8-13-18(22)23/h9-11H,3-8,12-13,19H2,1-2H3,(H,22,23). The van der Waals surface area contributed by atoms with Gasteiger partial charge in [0, 0.05) is 12.8 Å². The molecule has 3 N–H and O–H groups in total. The molecule has 0 saturated heterocycles. The van der Waals surface area contributed by atoms with Crippen molar-refractivity contribution in [1.29, 1.82) is 0 Å². The van der Waals surface area contributed by atoms with Gasteiger partial charge in [0.15, 0.2) is 0 Å². The fourth-order valence-electron chi connectivity index (χ4n) is 2.51. The highest BCUT2D eigenvalue weighted by molar-refractivity contribution is 5.93. The maximum absolute atomic E-state index is 12.2. The number of amides is 1. The third kappa shape index (κ3) is 6.82. The largest absolute Gasteiger partial charge is 0.481 e. The highest BCUT2D eigenvalue weighted by Crippen LogP contribution is 2.21. The van der Waals surface area contributed by atoms with Gasteiger partial charge in [0.1, 0.15) is 0 Å². The van der Waals surface area contributed by atoms with Gasteiger partial charge >= 0.3 is 5.97 Å². The molecule has 0 atom stereocenters. The average Bonchev–Trinajstić information content (AvgIpc) is 2.51. The Morgan fingerprint density at radius 3 is 2.17 bits per heavy atom. The Bertz CT molecular complexity index is 529. The Kier molecular flexibility index (Phi) is 8.33. The summed E-state index contributed by atoms with van der Waals surface area (Å²) < 4.78 is 0. The van der Waals surface area contributed by atoms with Crippen molar-refractivity contribution >= 4 is 17.6 Å². The van der Waals surface area contributed by atoms with Crippen molar-refractivity contribution in [2.45, 2.75) is 65.2 Å². The molecule has 0 fully saturated rings. The lowest BCUT2D eigenvalue weighted by molar-refractivity contribution is -0.137. The van der Waals surface area contributed by atoms with Crippen molar-refractivity contribution in [3.05, 3.63) is 29.3 Å². The minimum Gasteiger partial charge on any atom is -0.481 e. The molecule has 1 rings (SSSR count). The van der Waals surface area contributed by atoms with Crippen LogP contribution in [0.5, 0.6) is 0 Å². The molecule has 0 aromatic heterocycles. The second kappa shape index (κ2) is 10.0. The average molecular weight is 320 g/mol. The number of hydrogen-bond donors (Lipinski definition) is 2. The number of rotatable bonds is 10. The van der Waals surface area contributed by atoms with Crippen molar-refractivity contribution < 1.29 is 14.7 Å². The number of nitrogens with two attached hydrogens (primary N) is 1. The minimum absolute atomic E-state index is 0.0652. The predicted molar refractivity (Wildman–Crippen MR) is 92.2 cm³/mol. The van der Waals surface area contributed by atoms with E-state index >= 15 is 0 Å². The first-order valence-corrected chi connectivity index (χ1v) is 8.29. The van der Waals surface area contributed by atoms with Crippen molar-refractivity contribution in [3.63, 3.8) is 0 Å². The number of carboxylic acid groups (broad SMARTS) is 1. The lowest BCUT2D eigenvalue weighted by Gasteiger charge is -2.20. The van der Waals surface area contributed by atoms with E-state index in [0.29, 0.717) is 6.42 Å². The fraction of sp³-hybridized carbons (Fsp3) is 0.556. The quantitative estimate of drug-likeness (QED) is 0.298. The Labute approximate surface area is 138 Å². The van der Waals surface area contributed by atoms with Crippen molar-refractivity contribution in [1.82, 2.24) is 0 Å². The number of carboxylic acids is 1. The SMILES string of the molecule is Cc1cccc(N(N)C(=O)CCCCCCCCC(=O)O)c1C. The van der Waals surface area contributed by atoms with Crippen LogP contribution in [-0.4, -0.2) is 17.0 Å². The molecule has 0 aliphatic heterocycles. The predicted octanol–water partition coefficient (Wildman–Crippen LogP) is 3.72. The number of anilines is 1. The number of aliphatic carboxylic acids is 1. The zero-order valence-electron chi connectivity index (χ0n) is 14.2. The molecule has 23 heavy (non-hydrogen) atoms. The summed E-state index contributed by atoms with van der Waals surface area (Å²) in [6.07, 6.45) is 6.19. The molecule has 1 amide bonds. The van der Waals surface area contributed by atoms with Gasteiger partial charge < -0.3 is 5.11 Å². The van der Waals surface area contributed by atoms with E-state index in [0.717, 1.165) is 55.3 Å².